The van der Waals surface area contributed by atoms with Gasteiger partial charge in [0.25, 0.3) is 0 Å². The highest BCUT2D eigenvalue weighted by molar-refractivity contribution is 5.73. The third-order valence-electron chi connectivity index (χ3n) is 1.91. The summed E-state index contributed by atoms with van der Waals surface area (Å²) in [5.74, 6) is -0.943. The number of carbonyl (C=O) groups is 1. The molecule has 0 aliphatic rings. The maximum Gasteiger partial charge on any atom is 0.314 e. The molecular weight excluding hydrogens is 202 g/mol. The minimum absolute atomic E-state index is 0.256. The smallest absolute Gasteiger partial charge is 0.314 e. The number of benzene rings is 1. The van der Waals surface area contributed by atoms with Crippen LogP contribution in [0.4, 0.5) is 13.6 Å². The average Bonchev–Trinajstić information content (AvgIpc) is 2.23. The van der Waals surface area contributed by atoms with Crippen molar-refractivity contribution in [3.8, 4) is 0 Å². The Morgan fingerprint density at radius 1 is 1.40 bits per heavy atom. The Balaban J connectivity index is 2.50. The van der Waals surface area contributed by atoms with E-state index in [2.05, 4.69) is 10.6 Å². The maximum absolute atomic E-state index is 13.1. The maximum atomic E-state index is 13.1. The largest absolute Gasteiger partial charge is 0.341 e. The molecule has 5 heteroatoms. The Bertz CT molecular complexity index is 355. The highest BCUT2D eigenvalue weighted by Gasteiger charge is 2.04. The second-order valence-corrected chi connectivity index (χ2v) is 2.99. The van der Waals surface area contributed by atoms with E-state index in [1.54, 1.807) is 0 Å². The van der Waals surface area contributed by atoms with Gasteiger partial charge in [-0.05, 0) is 30.2 Å². The van der Waals surface area contributed by atoms with Crippen LogP contribution in [0, 0.1) is 11.6 Å². The van der Waals surface area contributed by atoms with Crippen LogP contribution in [0.2, 0.25) is 0 Å². The van der Waals surface area contributed by atoms with Crippen LogP contribution in [0.25, 0.3) is 0 Å². The fourth-order valence-electron chi connectivity index (χ4n) is 1.13. The quantitative estimate of drug-likeness (QED) is 0.785. The molecule has 0 heterocycles. The van der Waals surface area contributed by atoms with Crippen LogP contribution in [-0.4, -0.2) is 19.6 Å². The van der Waals surface area contributed by atoms with Crippen molar-refractivity contribution >= 4 is 6.03 Å². The minimum atomic E-state index is -0.480. The Hall–Kier alpha value is -1.65. The number of amides is 2. The van der Waals surface area contributed by atoms with Crippen LogP contribution in [-0.2, 0) is 6.42 Å². The average molecular weight is 214 g/mol. The molecule has 0 fully saturated rings. The van der Waals surface area contributed by atoms with Crippen LogP contribution in [0.1, 0.15) is 5.56 Å². The number of nitrogens with one attached hydrogen (secondary N) is 2. The molecule has 0 aromatic heterocycles. The summed E-state index contributed by atoms with van der Waals surface area (Å²) in [6.07, 6.45) is 0.261. The fourth-order valence-corrected chi connectivity index (χ4v) is 1.13. The van der Waals surface area contributed by atoms with Crippen LogP contribution < -0.4 is 10.6 Å². The lowest BCUT2D eigenvalue weighted by Gasteiger charge is -2.05. The van der Waals surface area contributed by atoms with Gasteiger partial charge in [-0.15, -0.1) is 0 Å². The van der Waals surface area contributed by atoms with Gasteiger partial charge in [-0.2, -0.15) is 0 Å². The summed E-state index contributed by atoms with van der Waals surface area (Å²) in [5.41, 5.74) is 0.256. The summed E-state index contributed by atoms with van der Waals surface area (Å²) >= 11 is 0. The van der Waals surface area contributed by atoms with Gasteiger partial charge in [0.05, 0.1) is 0 Å². The first-order valence-corrected chi connectivity index (χ1v) is 4.53. The van der Waals surface area contributed by atoms with Crippen molar-refractivity contribution in [2.75, 3.05) is 13.6 Å². The molecular formula is C10H12F2N2O. The van der Waals surface area contributed by atoms with E-state index in [-0.39, 0.29) is 24.6 Å². The highest BCUT2D eigenvalue weighted by Crippen LogP contribution is 2.09. The van der Waals surface area contributed by atoms with E-state index in [1.807, 2.05) is 0 Å². The van der Waals surface area contributed by atoms with E-state index >= 15 is 0 Å². The zero-order chi connectivity index (χ0) is 11.3. The van der Waals surface area contributed by atoms with E-state index in [0.29, 0.717) is 0 Å². The van der Waals surface area contributed by atoms with Gasteiger partial charge in [-0.25, -0.2) is 13.6 Å². The van der Waals surface area contributed by atoms with Crippen molar-refractivity contribution in [2.45, 2.75) is 6.42 Å². The lowest BCUT2D eigenvalue weighted by atomic mass is 10.1. The third-order valence-corrected chi connectivity index (χ3v) is 1.91. The minimum Gasteiger partial charge on any atom is -0.341 e. The van der Waals surface area contributed by atoms with Gasteiger partial charge in [0.1, 0.15) is 11.6 Å². The van der Waals surface area contributed by atoms with Crippen molar-refractivity contribution in [1.82, 2.24) is 10.6 Å². The summed E-state index contributed by atoms with van der Waals surface area (Å²) in [7, 11) is 1.48. The second-order valence-electron chi connectivity index (χ2n) is 2.99. The van der Waals surface area contributed by atoms with Crippen molar-refractivity contribution < 1.29 is 13.6 Å². The van der Waals surface area contributed by atoms with E-state index in [4.69, 9.17) is 0 Å². The predicted octanol–water partition coefficient (Wildman–Crippen LogP) is 1.44. The number of carbonyl (C=O) groups excluding carboxylic acids is 1. The summed E-state index contributed by atoms with van der Waals surface area (Å²) in [6.45, 7) is 0.264. The third kappa shape index (κ3) is 3.53. The number of hydrogen-bond acceptors (Lipinski definition) is 1. The Labute approximate surface area is 86.5 Å². The standard InChI is InChI=1S/C10H12F2N2O/c1-13-10(15)14-5-4-7-6-8(11)2-3-9(7)12/h2-3,6H,4-5H2,1H3,(H2,13,14,15). The van der Waals surface area contributed by atoms with E-state index < -0.39 is 11.6 Å². The summed E-state index contributed by atoms with van der Waals surface area (Å²) in [5, 5.41) is 4.85. The number of urea groups is 1. The zero-order valence-electron chi connectivity index (χ0n) is 8.31. The molecule has 0 saturated carbocycles. The van der Waals surface area contributed by atoms with Crippen LogP contribution in [0.3, 0.4) is 0 Å². The number of hydrogen-bond donors (Lipinski definition) is 2. The van der Waals surface area contributed by atoms with Gasteiger partial charge in [0.2, 0.25) is 0 Å². The molecule has 15 heavy (non-hydrogen) atoms. The van der Waals surface area contributed by atoms with Gasteiger partial charge in [0.15, 0.2) is 0 Å². The monoisotopic (exact) mass is 214 g/mol. The van der Waals surface area contributed by atoms with Gasteiger partial charge < -0.3 is 10.6 Å². The predicted molar refractivity (Wildman–Crippen MR) is 52.5 cm³/mol. The summed E-state index contributed by atoms with van der Waals surface area (Å²) in [6, 6.07) is 2.92. The molecule has 0 atom stereocenters. The molecule has 2 N–H and O–H groups in total. The topological polar surface area (TPSA) is 41.1 Å². The molecule has 2 amide bonds. The van der Waals surface area contributed by atoms with Crippen molar-refractivity contribution in [3.05, 3.63) is 35.4 Å². The molecule has 0 bridgehead atoms. The normalized spacial score (nSPS) is 9.80. The molecule has 82 valence electrons. The Kier molecular flexibility index (Phi) is 4.03. The van der Waals surface area contributed by atoms with Gasteiger partial charge in [0, 0.05) is 13.6 Å². The molecule has 1 aromatic carbocycles. The first-order chi connectivity index (χ1) is 7.13. The molecule has 1 rings (SSSR count). The lowest BCUT2D eigenvalue weighted by molar-refractivity contribution is 0.243. The molecule has 0 spiro atoms. The van der Waals surface area contributed by atoms with Gasteiger partial charge >= 0.3 is 6.03 Å². The van der Waals surface area contributed by atoms with Crippen molar-refractivity contribution in [3.63, 3.8) is 0 Å². The van der Waals surface area contributed by atoms with Crippen LogP contribution in [0.5, 0.6) is 0 Å². The molecule has 3 nitrogen and oxygen atoms in total. The summed E-state index contributed by atoms with van der Waals surface area (Å²) < 4.78 is 25.8. The number of rotatable bonds is 3. The fraction of sp³-hybridized carbons (Fsp3) is 0.300. The van der Waals surface area contributed by atoms with E-state index in [9.17, 15) is 13.6 Å². The SMILES string of the molecule is CNC(=O)NCCc1cc(F)ccc1F. The molecule has 0 aliphatic heterocycles. The lowest BCUT2D eigenvalue weighted by Crippen LogP contribution is -2.34. The van der Waals surface area contributed by atoms with Crippen molar-refractivity contribution in [1.29, 1.82) is 0 Å². The van der Waals surface area contributed by atoms with Crippen LogP contribution in [0.15, 0.2) is 18.2 Å². The number of halogens is 2. The Morgan fingerprint density at radius 2 is 2.13 bits per heavy atom. The summed E-state index contributed by atoms with van der Waals surface area (Å²) in [4.78, 5) is 10.8. The molecule has 0 unspecified atom stereocenters. The first-order valence-electron chi connectivity index (χ1n) is 4.53. The molecule has 0 saturated heterocycles. The Morgan fingerprint density at radius 3 is 2.80 bits per heavy atom. The van der Waals surface area contributed by atoms with E-state index in [0.717, 1.165) is 18.2 Å². The van der Waals surface area contributed by atoms with Crippen molar-refractivity contribution in [2.24, 2.45) is 0 Å². The zero-order valence-corrected chi connectivity index (χ0v) is 8.31. The second kappa shape index (κ2) is 5.29. The highest BCUT2D eigenvalue weighted by atomic mass is 19.1. The van der Waals surface area contributed by atoms with Gasteiger partial charge in [-0.3, -0.25) is 0 Å². The molecule has 0 aliphatic carbocycles. The van der Waals surface area contributed by atoms with Gasteiger partial charge in [-0.1, -0.05) is 0 Å². The molecule has 1 aromatic rings. The van der Waals surface area contributed by atoms with E-state index in [1.165, 1.54) is 7.05 Å². The van der Waals surface area contributed by atoms with Crippen LogP contribution >= 0.6 is 0 Å². The molecule has 0 radical (unpaired) electrons. The first kappa shape index (κ1) is 11.4.